The first kappa shape index (κ1) is 18.3. The first-order valence-electron chi connectivity index (χ1n) is 7.52. The summed E-state index contributed by atoms with van der Waals surface area (Å²) in [6, 6.07) is 7.03. The molecule has 0 aliphatic carbocycles. The van der Waals surface area contributed by atoms with Gasteiger partial charge in [0.15, 0.2) is 5.75 Å². The highest BCUT2D eigenvalue weighted by Crippen LogP contribution is 2.32. The van der Waals surface area contributed by atoms with Gasteiger partial charge in [-0.1, -0.05) is 41.0 Å². The SMILES string of the molecule is Cc1cc(C)n2nc(SC[C@@H](O)COc3c(Cl)cccc3Cl)nc2n1. The first-order valence-corrected chi connectivity index (χ1v) is 9.27. The standard InChI is InChI=1S/C16H16Cl2N4O2S/c1-9-6-10(2)22-15(19-9)20-16(21-22)25-8-11(23)7-24-14-12(17)4-3-5-13(14)18/h3-6,11,23H,7-8H2,1-2H3/t11-/m0/s1. The van der Waals surface area contributed by atoms with Crippen molar-refractivity contribution in [3.05, 3.63) is 45.7 Å². The second kappa shape index (κ2) is 7.78. The van der Waals surface area contributed by atoms with E-state index >= 15 is 0 Å². The normalized spacial score (nSPS) is 12.5. The van der Waals surface area contributed by atoms with Gasteiger partial charge in [0, 0.05) is 17.1 Å². The number of halogens is 2. The second-order valence-corrected chi connectivity index (χ2v) is 7.27. The highest BCUT2D eigenvalue weighted by Gasteiger charge is 2.13. The predicted octanol–water partition coefficient (Wildman–Crippen LogP) is 3.58. The van der Waals surface area contributed by atoms with E-state index in [4.69, 9.17) is 27.9 Å². The fourth-order valence-electron chi connectivity index (χ4n) is 2.23. The maximum absolute atomic E-state index is 10.1. The van der Waals surface area contributed by atoms with Gasteiger partial charge in [0.1, 0.15) is 6.61 Å². The molecule has 0 spiro atoms. The van der Waals surface area contributed by atoms with Gasteiger partial charge in [0.05, 0.1) is 16.1 Å². The van der Waals surface area contributed by atoms with Crippen molar-refractivity contribution in [3.8, 4) is 5.75 Å². The van der Waals surface area contributed by atoms with Crippen LogP contribution in [-0.2, 0) is 0 Å². The van der Waals surface area contributed by atoms with Gasteiger partial charge in [0.25, 0.3) is 5.78 Å². The van der Waals surface area contributed by atoms with Crippen LogP contribution < -0.4 is 4.74 Å². The van der Waals surface area contributed by atoms with Crippen LogP contribution in [0.25, 0.3) is 5.78 Å². The lowest BCUT2D eigenvalue weighted by Crippen LogP contribution is -2.20. The summed E-state index contributed by atoms with van der Waals surface area (Å²) in [6.45, 7) is 3.93. The summed E-state index contributed by atoms with van der Waals surface area (Å²) >= 11 is 13.4. The molecule has 1 atom stereocenters. The van der Waals surface area contributed by atoms with Crippen molar-refractivity contribution >= 4 is 40.7 Å². The zero-order valence-electron chi connectivity index (χ0n) is 13.6. The number of hydrogen-bond donors (Lipinski definition) is 1. The smallest absolute Gasteiger partial charge is 0.253 e. The lowest BCUT2D eigenvalue weighted by atomic mass is 10.3. The molecule has 0 bridgehead atoms. The number of rotatable bonds is 6. The Morgan fingerprint density at radius 3 is 2.68 bits per heavy atom. The van der Waals surface area contributed by atoms with Gasteiger partial charge in [-0.25, -0.2) is 9.50 Å². The molecule has 3 aromatic rings. The molecule has 3 rings (SSSR count). The number of hydrogen-bond acceptors (Lipinski definition) is 6. The largest absolute Gasteiger partial charge is 0.488 e. The van der Waals surface area contributed by atoms with Gasteiger partial charge in [-0.15, -0.1) is 5.10 Å². The quantitative estimate of drug-likeness (QED) is 0.639. The summed E-state index contributed by atoms with van der Waals surface area (Å²) < 4.78 is 7.21. The Morgan fingerprint density at radius 1 is 1.24 bits per heavy atom. The van der Waals surface area contributed by atoms with Gasteiger partial charge < -0.3 is 9.84 Å². The van der Waals surface area contributed by atoms with E-state index in [0.717, 1.165) is 11.4 Å². The minimum Gasteiger partial charge on any atom is -0.488 e. The van der Waals surface area contributed by atoms with Crippen molar-refractivity contribution in [2.45, 2.75) is 25.1 Å². The maximum atomic E-state index is 10.1. The molecular weight excluding hydrogens is 383 g/mol. The minimum absolute atomic E-state index is 0.0697. The lowest BCUT2D eigenvalue weighted by molar-refractivity contribution is 0.126. The van der Waals surface area contributed by atoms with Gasteiger partial charge >= 0.3 is 0 Å². The molecule has 0 saturated carbocycles. The van der Waals surface area contributed by atoms with Crippen LogP contribution >= 0.6 is 35.0 Å². The van der Waals surface area contributed by atoms with Crippen molar-refractivity contribution in [1.29, 1.82) is 0 Å². The average Bonchev–Trinajstić information content (AvgIpc) is 2.95. The van der Waals surface area contributed by atoms with Crippen molar-refractivity contribution < 1.29 is 9.84 Å². The summed E-state index contributed by atoms with van der Waals surface area (Å²) in [6.07, 6.45) is -0.722. The number of thioether (sulfide) groups is 1. The van der Waals surface area contributed by atoms with Crippen LogP contribution in [0.1, 0.15) is 11.4 Å². The Hall–Kier alpha value is -1.54. The van der Waals surface area contributed by atoms with E-state index in [-0.39, 0.29) is 6.61 Å². The Kier molecular flexibility index (Phi) is 5.68. The van der Waals surface area contributed by atoms with E-state index in [9.17, 15) is 5.11 Å². The number of fused-ring (bicyclic) bond motifs is 1. The molecule has 1 N–H and O–H groups in total. The van der Waals surface area contributed by atoms with E-state index in [2.05, 4.69) is 15.1 Å². The Balaban J connectivity index is 1.59. The van der Waals surface area contributed by atoms with Crippen molar-refractivity contribution in [2.24, 2.45) is 0 Å². The predicted molar refractivity (Wildman–Crippen MR) is 98.9 cm³/mol. The number of aryl methyl sites for hydroxylation is 2. The van der Waals surface area contributed by atoms with Crippen LogP contribution in [0.15, 0.2) is 29.4 Å². The van der Waals surface area contributed by atoms with E-state index < -0.39 is 6.10 Å². The number of benzene rings is 1. The number of para-hydroxylation sites is 1. The molecule has 0 fully saturated rings. The van der Waals surface area contributed by atoms with Gasteiger partial charge in [-0.3, -0.25) is 0 Å². The molecule has 1 aromatic carbocycles. The van der Waals surface area contributed by atoms with Crippen molar-refractivity contribution in [3.63, 3.8) is 0 Å². The molecule has 2 heterocycles. The third kappa shape index (κ3) is 4.36. The lowest BCUT2D eigenvalue weighted by Gasteiger charge is -2.13. The van der Waals surface area contributed by atoms with Crippen LogP contribution in [-0.4, -0.2) is 43.2 Å². The Morgan fingerprint density at radius 2 is 1.96 bits per heavy atom. The van der Waals surface area contributed by atoms with E-state index in [1.165, 1.54) is 11.8 Å². The molecule has 25 heavy (non-hydrogen) atoms. The minimum atomic E-state index is -0.722. The fourth-order valence-corrected chi connectivity index (χ4v) is 3.46. The molecule has 0 aliphatic rings. The molecule has 6 nitrogen and oxygen atoms in total. The molecule has 2 aromatic heterocycles. The summed E-state index contributed by atoms with van der Waals surface area (Å²) in [5.74, 6) is 1.29. The third-order valence-electron chi connectivity index (χ3n) is 3.34. The molecule has 0 amide bonds. The summed E-state index contributed by atoms with van der Waals surface area (Å²) in [7, 11) is 0. The highest BCUT2D eigenvalue weighted by molar-refractivity contribution is 7.99. The summed E-state index contributed by atoms with van der Waals surface area (Å²) in [5.41, 5.74) is 1.85. The van der Waals surface area contributed by atoms with Crippen molar-refractivity contribution in [1.82, 2.24) is 19.6 Å². The van der Waals surface area contributed by atoms with Crippen LogP contribution in [0.2, 0.25) is 10.0 Å². The van der Waals surface area contributed by atoms with Gasteiger partial charge in [-0.05, 0) is 32.0 Å². The third-order valence-corrected chi connectivity index (χ3v) is 4.92. The monoisotopic (exact) mass is 398 g/mol. The molecule has 9 heteroatoms. The van der Waals surface area contributed by atoms with Crippen LogP contribution in [0.5, 0.6) is 5.75 Å². The average molecular weight is 399 g/mol. The van der Waals surface area contributed by atoms with Crippen molar-refractivity contribution in [2.75, 3.05) is 12.4 Å². The molecule has 0 aliphatic heterocycles. The molecule has 0 radical (unpaired) electrons. The van der Waals surface area contributed by atoms with E-state index in [1.807, 2.05) is 19.9 Å². The number of aliphatic hydroxyl groups excluding tert-OH is 1. The zero-order chi connectivity index (χ0) is 18.0. The summed E-state index contributed by atoms with van der Waals surface area (Å²) in [5, 5.41) is 15.9. The topological polar surface area (TPSA) is 72.5 Å². The van der Waals surface area contributed by atoms with Crippen LogP contribution in [0.3, 0.4) is 0 Å². The number of ether oxygens (including phenoxy) is 1. The van der Waals surface area contributed by atoms with E-state index in [0.29, 0.717) is 32.5 Å². The molecular formula is C16H16Cl2N4O2S. The van der Waals surface area contributed by atoms with Gasteiger partial charge in [-0.2, -0.15) is 4.98 Å². The van der Waals surface area contributed by atoms with Crippen LogP contribution in [0, 0.1) is 13.8 Å². The number of nitrogens with zero attached hydrogens (tertiary/aromatic N) is 4. The van der Waals surface area contributed by atoms with Crippen LogP contribution in [0.4, 0.5) is 0 Å². The molecule has 0 unspecified atom stereocenters. The fraction of sp³-hybridized carbons (Fsp3) is 0.312. The highest BCUT2D eigenvalue weighted by atomic mass is 35.5. The molecule has 0 saturated heterocycles. The van der Waals surface area contributed by atoms with E-state index in [1.54, 1.807) is 22.7 Å². The second-order valence-electron chi connectivity index (χ2n) is 5.47. The Bertz CT molecular complexity index is 883. The summed E-state index contributed by atoms with van der Waals surface area (Å²) in [4.78, 5) is 8.70. The number of aromatic nitrogens is 4. The zero-order valence-corrected chi connectivity index (χ0v) is 15.9. The number of aliphatic hydroxyl groups is 1. The maximum Gasteiger partial charge on any atom is 0.253 e. The first-order chi connectivity index (χ1) is 11.9. The molecule has 132 valence electrons. The Labute approximate surface area is 159 Å². The van der Waals surface area contributed by atoms with Gasteiger partial charge in [0.2, 0.25) is 5.16 Å².